The van der Waals surface area contributed by atoms with Gasteiger partial charge >= 0.3 is 0 Å². The molecule has 0 aromatic heterocycles. The fraction of sp³-hybridized carbons (Fsp3) is 0.176. The van der Waals surface area contributed by atoms with Crippen LogP contribution in [0.5, 0.6) is 0 Å². The van der Waals surface area contributed by atoms with Crippen molar-refractivity contribution in [1.82, 2.24) is 5.32 Å². The molecule has 0 saturated carbocycles. The highest BCUT2D eigenvalue weighted by Gasteiger charge is 2.15. The molecule has 2 aromatic carbocycles. The van der Waals surface area contributed by atoms with E-state index in [0.29, 0.717) is 33.4 Å². The summed E-state index contributed by atoms with van der Waals surface area (Å²) in [6.45, 7) is 2.34. The van der Waals surface area contributed by atoms with Crippen molar-refractivity contribution >= 4 is 40.7 Å². The molecule has 6 heteroatoms. The number of nitrogens with one attached hydrogen (secondary N) is 2. The average molecular weight is 351 g/mol. The van der Waals surface area contributed by atoms with Crippen molar-refractivity contribution < 1.29 is 9.59 Å². The van der Waals surface area contributed by atoms with Crippen LogP contribution in [0.4, 0.5) is 5.69 Å². The Balaban J connectivity index is 2.16. The smallest absolute Gasteiger partial charge is 0.253 e. The predicted molar refractivity (Wildman–Crippen MR) is 93.2 cm³/mol. The molecule has 0 fully saturated rings. The van der Waals surface area contributed by atoms with E-state index in [4.69, 9.17) is 23.2 Å². The lowest BCUT2D eigenvalue weighted by Crippen LogP contribution is -2.25. The van der Waals surface area contributed by atoms with Crippen LogP contribution in [0.25, 0.3) is 0 Å². The number of hydrogen-bond acceptors (Lipinski definition) is 2. The number of hydrogen-bond donors (Lipinski definition) is 2. The number of para-hydroxylation sites is 1. The lowest BCUT2D eigenvalue weighted by atomic mass is 10.1. The van der Waals surface area contributed by atoms with E-state index in [2.05, 4.69) is 10.6 Å². The Morgan fingerprint density at radius 1 is 1.00 bits per heavy atom. The zero-order valence-electron chi connectivity index (χ0n) is 12.5. The highest BCUT2D eigenvalue weighted by molar-refractivity contribution is 6.36. The third-order valence-electron chi connectivity index (χ3n) is 3.18. The number of rotatable bonds is 5. The summed E-state index contributed by atoms with van der Waals surface area (Å²) < 4.78 is 0. The molecule has 0 aliphatic heterocycles. The van der Waals surface area contributed by atoms with Crippen LogP contribution in [-0.2, 0) is 11.2 Å². The molecule has 0 heterocycles. The van der Waals surface area contributed by atoms with Gasteiger partial charge in [-0.25, -0.2) is 0 Å². The fourth-order valence-corrected chi connectivity index (χ4v) is 2.63. The molecule has 120 valence electrons. The normalized spacial score (nSPS) is 10.2. The predicted octanol–water partition coefficient (Wildman–Crippen LogP) is 3.92. The van der Waals surface area contributed by atoms with Crippen LogP contribution in [0.2, 0.25) is 10.0 Å². The fourth-order valence-electron chi connectivity index (χ4n) is 2.10. The van der Waals surface area contributed by atoms with Crippen LogP contribution >= 0.6 is 23.2 Å². The third kappa shape index (κ3) is 4.47. The van der Waals surface area contributed by atoms with Crippen LogP contribution in [0.1, 0.15) is 22.8 Å². The van der Waals surface area contributed by atoms with Gasteiger partial charge in [-0.3, -0.25) is 9.59 Å². The summed E-state index contributed by atoms with van der Waals surface area (Å²) in [5.74, 6) is -0.532. The maximum atomic E-state index is 12.3. The Kier molecular flexibility index (Phi) is 6.02. The number of benzene rings is 2. The molecule has 0 radical (unpaired) electrons. The van der Waals surface area contributed by atoms with Crippen molar-refractivity contribution in [2.45, 2.75) is 13.3 Å². The highest BCUT2D eigenvalue weighted by atomic mass is 35.5. The van der Waals surface area contributed by atoms with Gasteiger partial charge in [0.15, 0.2) is 0 Å². The molecule has 0 bridgehead atoms. The van der Waals surface area contributed by atoms with Crippen molar-refractivity contribution in [3.63, 3.8) is 0 Å². The van der Waals surface area contributed by atoms with Gasteiger partial charge in [-0.2, -0.15) is 0 Å². The van der Waals surface area contributed by atoms with Crippen molar-refractivity contribution in [3.8, 4) is 0 Å². The van der Waals surface area contributed by atoms with Crippen molar-refractivity contribution in [3.05, 3.63) is 63.6 Å². The van der Waals surface area contributed by atoms with Gasteiger partial charge in [0.25, 0.3) is 5.91 Å². The second kappa shape index (κ2) is 7.99. The largest absolute Gasteiger partial charge is 0.352 e. The molecule has 0 atom stereocenters. The first-order valence-corrected chi connectivity index (χ1v) is 7.88. The van der Waals surface area contributed by atoms with E-state index < -0.39 is 0 Å². The van der Waals surface area contributed by atoms with E-state index in [1.54, 1.807) is 42.5 Å². The minimum atomic E-state index is -0.295. The van der Waals surface area contributed by atoms with E-state index in [0.717, 1.165) is 0 Å². The van der Waals surface area contributed by atoms with Crippen LogP contribution in [0.3, 0.4) is 0 Å². The van der Waals surface area contributed by atoms with Crippen molar-refractivity contribution in [2.75, 3.05) is 11.9 Å². The number of halogens is 2. The number of carbonyl (C=O) groups is 2. The Hall–Kier alpha value is -2.04. The molecule has 2 N–H and O–H groups in total. The number of carbonyl (C=O) groups excluding carboxylic acids is 2. The standard InChI is InChI=1S/C17H16Cl2N2O2/c1-2-20-17(23)11-6-3-4-9-15(11)21-16(22)10-12-13(18)7-5-8-14(12)19/h3-9H,2,10H2,1H3,(H,20,23)(H,21,22). The molecule has 0 aliphatic rings. The third-order valence-corrected chi connectivity index (χ3v) is 3.89. The first kappa shape index (κ1) is 17.3. The van der Waals surface area contributed by atoms with E-state index in [9.17, 15) is 9.59 Å². The Morgan fingerprint density at radius 3 is 2.30 bits per heavy atom. The zero-order valence-corrected chi connectivity index (χ0v) is 14.0. The van der Waals surface area contributed by atoms with Gasteiger partial charge in [-0.15, -0.1) is 0 Å². The van der Waals surface area contributed by atoms with E-state index >= 15 is 0 Å². The highest BCUT2D eigenvalue weighted by Crippen LogP contribution is 2.25. The van der Waals surface area contributed by atoms with Gasteiger partial charge in [0.1, 0.15) is 0 Å². The average Bonchev–Trinajstić information content (AvgIpc) is 2.52. The van der Waals surface area contributed by atoms with Gasteiger partial charge in [0.05, 0.1) is 17.7 Å². The summed E-state index contributed by atoms with van der Waals surface area (Å²) in [5, 5.41) is 6.32. The zero-order chi connectivity index (χ0) is 16.8. The van der Waals surface area contributed by atoms with Crippen LogP contribution in [-0.4, -0.2) is 18.4 Å². The summed E-state index contributed by atoms with van der Waals surface area (Å²) in [5.41, 5.74) is 1.42. The summed E-state index contributed by atoms with van der Waals surface area (Å²) in [6, 6.07) is 11.9. The topological polar surface area (TPSA) is 58.2 Å². The van der Waals surface area contributed by atoms with Gasteiger partial charge in [0.2, 0.25) is 5.91 Å². The minimum absolute atomic E-state index is 0.0300. The minimum Gasteiger partial charge on any atom is -0.352 e. The summed E-state index contributed by atoms with van der Waals surface area (Å²) in [7, 11) is 0. The Labute approximate surface area is 144 Å². The summed E-state index contributed by atoms with van der Waals surface area (Å²) in [4.78, 5) is 24.3. The Morgan fingerprint density at radius 2 is 1.65 bits per heavy atom. The van der Waals surface area contributed by atoms with Crippen LogP contribution in [0, 0.1) is 0 Å². The molecular formula is C17H16Cl2N2O2. The molecule has 0 aliphatic carbocycles. The SMILES string of the molecule is CCNC(=O)c1ccccc1NC(=O)Cc1c(Cl)cccc1Cl. The van der Waals surface area contributed by atoms with E-state index in [-0.39, 0.29) is 18.2 Å². The molecule has 2 rings (SSSR count). The monoisotopic (exact) mass is 350 g/mol. The second-order valence-corrected chi connectivity index (χ2v) is 5.64. The number of amides is 2. The maximum Gasteiger partial charge on any atom is 0.253 e. The first-order chi connectivity index (χ1) is 11.0. The Bertz CT molecular complexity index is 712. The number of anilines is 1. The molecule has 2 amide bonds. The van der Waals surface area contributed by atoms with E-state index in [1.165, 1.54) is 0 Å². The summed E-state index contributed by atoms with van der Waals surface area (Å²) in [6.07, 6.45) is 0.0300. The molecule has 0 saturated heterocycles. The quantitative estimate of drug-likeness (QED) is 0.858. The van der Waals surface area contributed by atoms with Crippen molar-refractivity contribution in [2.24, 2.45) is 0 Å². The molecule has 23 heavy (non-hydrogen) atoms. The van der Waals surface area contributed by atoms with Gasteiger partial charge in [-0.1, -0.05) is 41.4 Å². The molecule has 4 nitrogen and oxygen atoms in total. The summed E-state index contributed by atoms with van der Waals surface area (Å²) >= 11 is 12.1. The molecule has 0 unspecified atom stereocenters. The lowest BCUT2D eigenvalue weighted by molar-refractivity contribution is -0.115. The molecule has 2 aromatic rings. The lowest BCUT2D eigenvalue weighted by Gasteiger charge is -2.12. The maximum absolute atomic E-state index is 12.3. The van der Waals surface area contributed by atoms with Crippen LogP contribution in [0.15, 0.2) is 42.5 Å². The molecular weight excluding hydrogens is 335 g/mol. The van der Waals surface area contributed by atoms with Gasteiger partial charge in [-0.05, 0) is 36.8 Å². The first-order valence-electron chi connectivity index (χ1n) is 7.13. The van der Waals surface area contributed by atoms with Crippen LogP contribution < -0.4 is 10.6 Å². The van der Waals surface area contributed by atoms with E-state index in [1.807, 2.05) is 6.92 Å². The second-order valence-electron chi connectivity index (χ2n) is 4.83. The molecule has 0 spiro atoms. The van der Waals surface area contributed by atoms with Gasteiger partial charge < -0.3 is 10.6 Å². The van der Waals surface area contributed by atoms with Gasteiger partial charge in [0, 0.05) is 16.6 Å². The van der Waals surface area contributed by atoms with Crippen molar-refractivity contribution in [1.29, 1.82) is 0 Å².